The summed E-state index contributed by atoms with van der Waals surface area (Å²) in [5, 5.41) is 2.77. The number of hydrogen-bond acceptors (Lipinski definition) is 6. The van der Waals surface area contributed by atoms with E-state index in [-0.39, 0.29) is 18.6 Å². The van der Waals surface area contributed by atoms with Crippen LogP contribution in [-0.4, -0.2) is 52.0 Å². The van der Waals surface area contributed by atoms with E-state index in [9.17, 15) is 9.59 Å². The highest BCUT2D eigenvalue weighted by molar-refractivity contribution is 5.90. The van der Waals surface area contributed by atoms with Gasteiger partial charge in [-0.2, -0.15) is 0 Å². The molecule has 1 amide bonds. The Bertz CT molecular complexity index is 554. The molecule has 1 saturated heterocycles. The number of hydrogen-bond donors (Lipinski definition) is 1. The number of carbonyl (C=O) groups is 2. The molecule has 0 bridgehead atoms. The molecule has 0 aromatic heterocycles. The predicted molar refractivity (Wildman–Crippen MR) is 81.8 cm³/mol. The zero-order valence-electron chi connectivity index (χ0n) is 13.3. The van der Waals surface area contributed by atoms with Crippen LogP contribution in [0.2, 0.25) is 0 Å². The molecule has 1 fully saturated rings. The van der Waals surface area contributed by atoms with Gasteiger partial charge in [0.1, 0.15) is 0 Å². The van der Waals surface area contributed by atoms with Crippen LogP contribution in [0.3, 0.4) is 0 Å². The van der Waals surface area contributed by atoms with E-state index in [2.05, 4.69) is 10.1 Å². The van der Waals surface area contributed by atoms with Gasteiger partial charge in [0.25, 0.3) is 5.91 Å². The molecule has 7 heteroatoms. The molecule has 7 nitrogen and oxygen atoms in total. The fourth-order valence-corrected chi connectivity index (χ4v) is 2.26. The molecule has 0 saturated carbocycles. The van der Waals surface area contributed by atoms with E-state index in [0.717, 1.165) is 19.4 Å². The van der Waals surface area contributed by atoms with Crippen LogP contribution in [0.4, 0.5) is 0 Å². The highest BCUT2D eigenvalue weighted by Gasteiger charge is 2.17. The molecule has 1 aliphatic rings. The Kier molecular flexibility index (Phi) is 6.22. The van der Waals surface area contributed by atoms with Crippen molar-refractivity contribution in [3.63, 3.8) is 0 Å². The molecule has 1 aromatic carbocycles. The van der Waals surface area contributed by atoms with Crippen molar-refractivity contribution in [2.75, 3.05) is 34.0 Å². The first-order valence-corrected chi connectivity index (χ1v) is 7.41. The van der Waals surface area contributed by atoms with E-state index in [1.165, 1.54) is 20.3 Å². The van der Waals surface area contributed by atoms with Crippen LogP contribution in [0, 0.1) is 0 Å². The number of benzene rings is 1. The SMILES string of the molecule is COC(=O)c1ccc(OCC(=O)NC[C@@H]2CCCO2)c(OC)c1. The molecule has 1 aromatic rings. The van der Waals surface area contributed by atoms with E-state index in [1.54, 1.807) is 12.1 Å². The summed E-state index contributed by atoms with van der Waals surface area (Å²) in [6, 6.07) is 4.62. The predicted octanol–water partition coefficient (Wildman–Crippen LogP) is 1.16. The number of rotatable bonds is 7. The first kappa shape index (κ1) is 17.1. The smallest absolute Gasteiger partial charge is 0.337 e. The Labute approximate surface area is 134 Å². The Balaban J connectivity index is 1.86. The Morgan fingerprint density at radius 1 is 1.30 bits per heavy atom. The topological polar surface area (TPSA) is 83.1 Å². The number of esters is 1. The first-order valence-electron chi connectivity index (χ1n) is 7.41. The summed E-state index contributed by atoms with van der Waals surface area (Å²) in [7, 11) is 2.76. The Morgan fingerprint density at radius 3 is 2.78 bits per heavy atom. The maximum absolute atomic E-state index is 11.8. The van der Waals surface area contributed by atoms with Crippen LogP contribution < -0.4 is 14.8 Å². The van der Waals surface area contributed by atoms with Crippen molar-refractivity contribution >= 4 is 11.9 Å². The Morgan fingerprint density at radius 2 is 2.13 bits per heavy atom. The second kappa shape index (κ2) is 8.38. The molecule has 1 aliphatic heterocycles. The molecule has 0 unspecified atom stereocenters. The number of carbonyl (C=O) groups excluding carboxylic acids is 2. The molecule has 1 N–H and O–H groups in total. The minimum atomic E-state index is -0.468. The molecule has 2 rings (SSSR count). The van der Waals surface area contributed by atoms with Crippen molar-refractivity contribution in [3.8, 4) is 11.5 Å². The normalized spacial score (nSPS) is 16.7. The van der Waals surface area contributed by atoms with Crippen molar-refractivity contribution < 1.29 is 28.5 Å². The van der Waals surface area contributed by atoms with Crippen molar-refractivity contribution in [2.24, 2.45) is 0 Å². The van der Waals surface area contributed by atoms with Crippen molar-refractivity contribution in [2.45, 2.75) is 18.9 Å². The summed E-state index contributed by atoms with van der Waals surface area (Å²) in [4.78, 5) is 23.3. The lowest BCUT2D eigenvalue weighted by Crippen LogP contribution is -2.35. The van der Waals surface area contributed by atoms with Gasteiger partial charge >= 0.3 is 5.97 Å². The molecule has 1 atom stereocenters. The van der Waals surface area contributed by atoms with Crippen LogP contribution >= 0.6 is 0 Å². The lowest BCUT2D eigenvalue weighted by Gasteiger charge is -2.13. The summed E-state index contributed by atoms with van der Waals surface area (Å²) in [5.74, 6) is 0.0380. The molecular weight excluding hydrogens is 302 g/mol. The van der Waals surface area contributed by atoms with Crippen LogP contribution in [0.15, 0.2) is 18.2 Å². The minimum absolute atomic E-state index is 0.0906. The van der Waals surface area contributed by atoms with Gasteiger partial charge in [0, 0.05) is 13.2 Å². The largest absolute Gasteiger partial charge is 0.493 e. The van der Waals surface area contributed by atoms with Gasteiger partial charge in [0.15, 0.2) is 18.1 Å². The molecule has 126 valence electrons. The quantitative estimate of drug-likeness (QED) is 0.758. The minimum Gasteiger partial charge on any atom is -0.493 e. The summed E-state index contributed by atoms with van der Waals surface area (Å²) < 4.78 is 20.7. The van der Waals surface area contributed by atoms with Gasteiger partial charge in [-0.25, -0.2) is 4.79 Å². The molecular formula is C16H21NO6. The number of ether oxygens (including phenoxy) is 4. The van der Waals surface area contributed by atoms with Crippen LogP contribution in [-0.2, 0) is 14.3 Å². The summed E-state index contributed by atoms with van der Waals surface area (Å²) >= 11 is 0. The summed E-state index contributed by atoms with van der Waals surface area (Å²) in [5.41, 5.74) is 0.347. The second-order valence-electron chi connectivity index (χ2n) is 5.09. The van der Waals surface area contributed by atoms with Gasteiger partial charge in [-0.15, -0.1) is 0 Å². The summed E-state index contributed by atoms with van der Waals surface area (Å²) in [6.45, 7) is 1.10. The number of amides is 1. The lowest BCUT2D eigenvalue weighted by molar-refractivity contribution is -0.123. The van der Waals surface area contributed by atoms with E-state index in [0.29, 0.717) is 23.6 Å². The average Bonchev–Trinajstić information content (AvgIpc) is 3.10. The van der Waals surface area contributed by atoms with Gasteiger partial charge in [-0.1, -0.05) is 0 Å². The molecule has 0 aliphatic carbocycles. The summed E-state index contributed by atoms with van der Waals surface area (Å²) in [6.07, 6.45) is 2.08. The number of nitrogens with one attached hydrogen (secondary N) is 1. The monoisotopic (exact) mass is 323 g/mol. The first-order chi connectivity index (χ1) is 11.1. The van der Waals surface area contributed by atoms with E-state index in [1.807, 2.05) is 0 Å². The molecule has 0 radical (unpaired) electrons. The lowest BCUT2D eigenvalue weighted by atomic mass is 10.2. The van der Waals surface area contributed by atoms with Crippen LogP contribution in [0.1, 0.15) is 23.2 Å². The van der Waals surface area contributed by atoms with Crippen molar-refractivity contribution in [1.29, 1.82) is 0 Å². The highest BCUT2D eigenvalue weighted by atomic mass is 16.5. The third-order valence-corrected chi connectivity index (χ3v) is 3.49. The van der Waals surface area contributed by atoms with E-state index >= 15 is 0 Å². The van der Waals surface area contributed by atoms with E-state index < -0.39 is 5.97 Å². The standard InChI is InChI=1S/C16H21NO6/c1-20-14-8-11(16(19)21-2)5-6-13(14)23-10-15(18)17-9-12-4-3-7-22-12/h5-6,8,12H,3-4,7,9-10H2,1-2H3,(H,17,18)/t12-/m0/s1. The Hall–Kier alpha value is -2.28. The maximum atomic E-state index is 11.8. The third-order valence-electron chi connectivity index (χ3n) is 3.49. The maximum Gasteiger partial charge on any atom is 0.337 e. The molecule has 23 heavy (non-hydrogen) atoms. The van der Waals surface area contributed by atoms with Crippen LogP contribution in [0.25, 0.3) is 0 Å². The highest BCUT2D eigenvalue weighted by Crippen LogP contribution is 2.28. The third kappa shape index (κ3) is 4.85. The van der Waals surface area contributed by atoms with Gasteiger partial charge < -0.3 is 24.3 Å². The van der Waals surface area contributed by atoms with Crippen molar-refractivity contribution in [1.82, 2.24) is 5.32 Å². The average molecular weight is 323 g/mol. The van der Waals surface area contributed by atoms with Gasteiger partial charge in [0.05, 0.1) is 25.9 Å². The second-order valence-corrected chi connectivity index (χ2v) is 5.09. The molecule has 1 heterocycles. The zero-order valence-corrected chi connectivity index (χ0v) is 13.3. The van der Waals surface area contributed by atoms with Gasteiger partial charge in [0.2, 0.25) is 0 Å². The fourth-order valence-electron chi connectivity index (χ4n) is 2.26. The fraction of sp³-hybridized carbons (Fsp3) is 0.500. The van der Waals surface area contributed by atoms with Crippen LogP contribution in [0.5, 0.6) is 11.5 Å². The van der Waals surface area contributed by atoms with Gasteiger partial charge in [-0.3, -0.25) is 4.79 Å². The zero-order chi connectivity index (χ0) is 16.7. The van der Waals surface area contributed by atoms with E-state index in [4.69, 9.17) is 14.2 Å². The van der Waals surface area contributed by atoms with Crippen molar-refractivity contribution in [3.05, 3.63) is 23.8 Å². The number of methoxy groups -OCH3 is 2. The molecule has 0 spiro atoms. The van der Waals surface area contributed by atoms with Gasteiger partial charge in [-0.05, 0) is 31.0 Å².